The van der Waals surface area contributed by atoms with Crippen molar-refractivity contribution in [1.82, 2.24) is 0 Å². The summed E-state index contributed by atoms with van der Waals surface area (Å²) in [6, 6.07) is 3.60. The van der Waals surface area contributed by atoms with Gasteiger partial charge < -0.3 is 14.9 Å². The van der Waals surface area contributed by atoms with E-state index in [1.54, 1.807) is 6.07 Å². The largest absolute Gasteiger partial charge is 0.508 e. The van der Waals surface area contributed by atoms with E-state index in [9.17, 15) is 19.5 Å². The summed E-state index contributed by atoms with van der Waals surface area (Å²) in [5.74, 6) is 0.295. The highest BCUT2D eigenvalue weighted by atomic mass is 31.2. The standard InChI is InChI=1S/C51H97O4P/c1-9-11-13-15-17-19-21-23-25-27-29-31-33-35-37-39-41-45-46(42-40-38-36-34-32-30-28-26-24-22-20-18-16-14-12-10-2)48(52)44-43-47(45)51(49(3,4)5,50(6,7)8)56(53,54)55/h43-44,52H,9-42H2,1-8H3,(H2,53,54,55). The second-order valence-electron chi connectivity index (χ2n) is 20.0. The third kappa shape index (κ3) is 19.9. The third-order valence-electron chi connectivity index (χ3n) is 13.0. The van der Waals surface area contributed by atoms with Crippen LogP contribution >= 0.6 is 7.60 Å². The van der Waals surface area contributed by atoms with Crippen LogP contribution in [-0.4, -0.2) is 14.9 Å². The Hall–Kier alpha value is -0.830. The SMILES string of the molecule is CCCCCCCCCCCCCCCCCCc1c(O)ccc(C(C(C)(C)C)(C(C)(C)C)P(=O)(O)O)c1CCCCCCCCCCCCCCCCCC. The zero-order valence-electron chi connectivity index (χ0n) is 38.9. The van der Waals surface area contributed by atoms with Gasteiger partial charge in [-0.15, -0.1) is 0 Å². The zero-order chi connectivity index (χ0) is 41.8. The summed E-state index contributed by atoms with van der Waals surface area (Å²) in [5, 5.41) is 9.96. The Balaban J connectivity index is 2.76. The molecule has 0 saturated carbocycles. The fraction of sp³-hybridized carbons (Fsp3) is 0.882. The number of rotatable bonds is 36. The fourth-order valence-electron chi connectivity index (χ4n) is 10.2. The van der Waals surface area contributed by atoms with Gasteiger partial charge in [0.25, 0.3) is 0 Å². The number of phenols is 1. The molecule has 3 N–H and O–H groups in total. The van der Waals surface area contributed by atoms with E-state index in [1.165, 1.54) is 180 Å². The molecule has 330 valence electrons. The molecule has 0 spiro atoms. The number of unbranched alkanes of at least 4 members (excludes halogenated alkanes) is 30. The highest BCUT2D eigenvalue weighted by molar-refractivity contribution is 7.53. The summed E-state index contributed by atoms with van der Waals surface area (Å²) in [4.78, 5) is 22.6. The minimum atomic E-state index is -4.66. The summed E-state index contributed by atoms with van der Waals surface area (Å²) in [7, 11) is -4.66. The molecule has 1 aromatic rings. The fourth-order valence-corrected chi connectivity index (χ4v) is 12.5. The predicted octanol–water partition coefficient (Wildman–Crippen LogP) is 17.5. The van der Waals surface area contributed by atoms with Crippen LogP contribution in [0.3, 0.4) is 0 Å². The van der Waals surface area contributed by atoms with Gasteiger partial charge in [-0.1, -0.05) is 254 Å². The Morgan fingerprint density at radius 3 is 0.911 bits per heavy atom. The van der Waals surface area contributed by atoms with Crippen molar-refractivity contribution in [2.24, 2.45) is 10.8 Å². The molecule has 0 atom stereocenters. The Morgan fingerprint density at radius 2 is 0.661 bits per heavy atom. The lowest BCUT2D eigenvalue weighted by molar-refractivity contribution is 0.0974. The van der Waals surface area contributed by atoms with Gasteiger partial charge in [-0.2, -0.15) is 0 Å². The second-order valence-corrected chi connectivity index (χ2v) is 21.7. The topological polar surface area (TPSA) is 77.8 Å². The minimum Gasteiger partial charge on any atom is -0.508 e. The normalized spacial score (nSPS) is 12.9. The van der Waals surface area contributed by atoms with Gasteiger partial charge in [0.05, 0.1) is 0 Å². The molecule has 0 unspecified atom stereocenters. The molecule has 0 fully saturated rings. The van der Waals surface area contributed by atoms with Crippen molar-refractivity contribution in [3.8, 4) is 5.75 Å². The van der Waals surface area contributed by atoms with Gasteiger partial charge in [-0.25, -0.2) is 0 Å². The Labute approximate surface area is 350 Å². The summed E-state index contributed by atoms with van der Waals surface area (Å²) < 4.78 is 13.9. The van der Waals surface area contributed by atoms with Crippen molar-refractivity contribution < 1.29 is 19.5 Å². The molecular weight excluding hydrogens is 708 g/mol. The molecule has 1 aromatic carbocycles. The van der Waals surface area contributed by atoms with E-state index in [4.69, 9.17) is 0 Å². The van der Waals surface area contributed by atoms with Crippen LogP contribution in [0.15, 0.2) is 12.1 Å². The maximum atomic E-state index is 13.9. The number of phenolic OH excluding ortho intramolecular Hbond substituents is 1. The number of hydrogen-bond acceptors (Lipinski definition) is 2. The van der Waals surface area contributed by atoms with Gasteiger partial charge in [0.15, 0.2) is 0 Å². The van der Waals surface area contributed by atoms with Crippen LogP contribution in [0.4, 0.5) is 0 Å². The first-order chi connectivity index (χ1) is 26.7. The highest BCUT2D eigenvalue weighted by Gasteiger charge is 2.63. The average molecular weight is 805 g/mol. The molecule has 0 amide bonds. The van der Waals surface area contributed by atoms with Crippen LogP contribution in [0.5, 0.6) is 5.75 Å². The lowest BCUT2D eigenvalue weighted by atomic mass is 9.61. The molecule has 0 bridgehead atoms. The zero-order valence-corrected chi connectivity index (χ0v) is 39.8. The van der Waals surface area contributed by atoms with Crippen molar-refractivity contribution in [2.75, 3.05) is 0 Å². The Morgan fingerprint density at radius 1 is 0.411 bits per heavy atom. The quantitative estimate of drug-likeness (QED) is 0.0466. The summed E-state index contributed by atoms with van der Waals surface area (Å²) >= 11 is 0. The van der Waals surface area contributed by atoms with Crippen molar-refractivity contribution >= 4 is 7.60 Å². The molecule has 56 heavy (non-hydrogen) atoms. The molecule has 0 saturated heterocycles. The van der Waals surface area contributed by atoms with E-state index in [0.29, 0.717) is 5.75 Å². The molecule has 0 radical (unpaired) electrons. The van der Waals surface area contributed by atoms with Crippen LogP contribution in [-0.2, 0) is 22.6 Å². The molecule has 5 heteroatoms. The number of hydrogen-bond donors (Lipinski definition) is 3. The number of aromatic hydroxyl groups is 1. The molecule has 0 heterocycles. The third-order valence-corrected chi connectivity index (χ3v) is 15.4. The van der Waals surface area contributed by atoms with E-state index in [-0.39, 0.29) is 0 Å². The Bertz CT molecular complexity index is 1130. The van der Waals surface area contributed by atoms with E-state index < -0.39 is 23.6 Å². The highest BCUT2D eigenvalue weighted by Crippen LogP contribution is 2.73. The maximum absolute atomic E-state index is 13.9. The van der Waals surface area contributed by atoms with Crippen molar-refractivity contribution in [1.29, 1.82) is 0 Å². The van der Waals surface area contributed by atoms with Gasteiger partial charge in [-0.05, 0) is 59.3 Å². The molecule has 0 aliphatic heterocycles. The van der Waals surface area contributed by atoms with Gasteiger partial charge >= 0.3 is 7.60 Å². The summed E-state index contributed by atoms with van der Waals surface area (Å²) in [6.45, 7) is 16.5. The van der Waals surface area contributed by atoms with Crippen LogP contribution in [0.2, 0.25) is 0 Å². The van der Waals surface area contributed by atoms with Gasteiger partial charge in [-0.3, -0.25) is 4.57 Å². The lowest BCUT2D eigenvalue weighted by Gasteiger charge is -2.54. The molecule has 0 aliphatic carbocycles. The molecule has 0 aliphatic rings. The van der Waals surface area contributed by atoms with Crippen molar-refractivity contribution in [3.05, 3.63) is 28.8 Å². The number of benzene rings is 1. The molecular formula is C51H97O4P. The first kappa shape index (κ1) is 53.2. The summed E-state index contributed by atoms with van der Waals surface area (Å²) in [5.41, 5.74) is 1.27. The van der Waals surface area contributed by atoms with Gasteiger partial charge in [0.1, 0.15) is 10.9 Å². The van der Waals surface area contributed by atoms with Gasteiger partial charge in [0, 0.05) is 0 Å². The second kappa shape index (κ2) is 30.2. The molecule has 1 rings (SSSR count). The molecule has 4 nitrogen and oxygen atoms in total. The lowest BCUT2D eigenvalue weighted by Crippen LogP contribution is -2.50. The van der Waals surface area contributed by atoms with E-state index in [1.807, 2.05) is 47.6 Å². The van der Waals surface area contributed by atoms with Crippen LogP contribution in [0, 0.1) is 10.8 Å². The predicted molar refractivity (Wildman–Crippen MR) is 247 cm³/mol. The summed E-state index contributed by atoms with van der Waals surface area (Å²) in [6.07, 6.45) is 43.8. The maximum Gasteiger partial charge on any atom is 0.337 e. The van der Waals surface area contributed by atoms with Crippen molar-refractivity contribution in [2.45, 2.75) is 279 Å². The van der Waals surface area contributed by atoms with E-state index in [0.717, 1.165) is 55.2 Å². The Kier molecular flexibility index (Phi) is 28.7. The monoisotopic (exact) mass is 805 g/mol. The van der Waals surface area contributed by atoms with E-state index >= 15 is 0 Å². The first-order valence-corrected chi connectivity index (χ1v) is 26.2. The minimum absolute atomic E-state index is 0.295. The smallest absolute Gasteiger partial charge is 0.337 e. The average Bonchev–Trinajstić information content (AvgIpc) is 3.11. The van der Waals surface area contributed by atoms with Crippen LogP contribution in [0.1, 0.15) is 278 Å². The van der Waals surface area contributed by atoms with E-state index in [2.05, 4.69) is 13.8 Å². The van der Waals surface area contributed by atoms with Crippen molar-refractivity contribution in [3.63, 3.8) is 0 Å². The van der Waals surface area contributed by atoms with Gasteiger partial charge in [0.2, 0.25) is 0 Å². The van der Waals surface area contributed by atoms with Crippen LogP contribution < -0.4 is 0 Å². The van der Waals surface area contributed by atoms with Crippen LogP contribution in [0.25, 0.3) is 0 Å². The molecule has 0 aromatic heterocycles. The first-order valence-electron chi connectivity index (χ1n) is 24.6.